The fraction of sp³-hybridized carbons (Fsp3) is 0.417. The molecule has 0 spiro atoms. The molecule has 0 amide bonds. The summed E-state index contributed by atoms with van der Waals surface area (Å²) in [4.78, 5) is 10.5. The van der Waals surface area contributed by atoms with Gasteiger partial charge in [-0.05, 0) is 37.0 Å². The van der Waals surface area contributed by atoms with Gasteiger partial charge >= 0.3 is 5.97 Å². The van der Waals surface area contributed by atoms with Crippen molar-refractivity contribution in [1.82, 2.24) is 0 Å². The molecule has 0 fully saturated rings. The molecule has 5 nitrogen and oxygen atoms in total. The van der Waals surface area contributed by atoms with E-state index in [0.29, 0.717) is 24.9 Å². The molecule has 1 rings (SSSR count). The third-order valence-electron chi connectivity index (χ3n) is 2.71. The molecule has 0 aliphatic carbocycles. The standard InChI is InChI=1S/C12H19N3O2.3ClH/c13-9-6-4-8(5-7-9)10(14)2-1-3-11(15)12(16)17;;;/h4-7,10-11H,1-3,13-15H2,(H,16,17);3*1H/t10?,11-;;;/m0.../s1. The van der Waals surface area contributed by atoms with Gasteiger partial charge in [-0.1, -0.05) is 12.1 Å². The predicted molar refractivity (Wildman–Crippen MR) is 89.0 cm³/mol. The molecule has 0 bridgehead atoms. The Labute approximate surface area is 137 Å². The number of aliphatic carboxylic acids is 1. The van der Waals surface area contributed by atoms with Crippen molar-refractivity contribution < 1.29 is 9.90 Å². The second kappa shape index (κ2) is 12.1. The molecule has 1 aromatic carbocycles. The average Bonchev–Trinajstić information content (AvgIpc) is 2.29. The summed E-state index contributed by atoms with van der Waals surface area (Å²) in [5.41, 5.74) is 18.7. The quantitative estimate of drug-likeness (QED) is 0.589. The molecule has 118 valence electrons. The summed E-state index contributed by atoms with van der Waals surface area (Å²) in [5, 5.41) is 8.62. The number of carboxylic acid groups (broad SMARTS) is 1. The van der Waals surface area contributed by atoms with E-state index in [9.17, 15) is 4.79 Å². The van der Waals surface area contributed by atoms with Crippen LogP contribution in [0.3, 0.4) is 0 Å². The Hall–Kier alpha value is -0.720. The summed E-state index contributed by atoms with van der Waals surface area (Å²) in [7, 11) is 0. The molecular formula is C12H22Cl3N3O2. The van der Waals surface area contributed by atoms with E-state index in [0.717, 1.165) is 5.56 Å². The van der Waals surface area contributed by atoms with Gasteiger partial charge in [0.2, 0.25) is 0 Å². The molecule has 0 aromatic heterocycles. The van der Waals surface area contributed by atoms with Gasteiger partial charge in [-0.3, -0.25) is 4.79 Å². The molecular weight excluding hydrogens is 325 g/mol. The summed E-state index contributed by atoms with van der Waals surface area (Å²) in [6.07, 6.45) is 1.85. The number of benzene rings is 1. The minimum atomic E-state index is -0.967. The highest BCUT2D eigenvalue weighted by Gasteiger charge is 2.12. The van der Waals surface area contributed by atoms with Crippen LogP contribution in [0.15, 0.2) is 24.3 Å². The molecule has 0 radical (unpaired) electrons. The van der Waals surface area contributed by atoms with Gasteiger partial charge in [0.25, 0.3) is 0 Å². The van der Waals surface area contributed by atoms with Crippen molar-refractivity contribution in [3.63, 3.8) is 0 Å². The molecule has 0 saturated heterocycles. The van der Waals surface area contributed by atoms with Crippen molar-refractivity contribution >= 4 is 48.9 Å². The molecule has 0 heterocycles. The van der Waals surface area contributed by atoms with E-state index in [2.05, 4.69) is 0 Å². The zero-order chi connectivity index (χ0) is 12.8. The maximum atomic E-state index is 10.5. The Morgan fingerprint density at radius 3 is 2.00 bits per heavy atom. The number of hydrogen-bond acceptors (Lipinski definition) is 4. The molecule has 0 aliphatic rings. The Bertz CT molecular complexity index is 377. The second-order valence-electron chi connectivity index (χ2n) is 4.15. The first-order valence-corrected chi connectivity index (χ1v) is 5.60. The number of rotatable bonds is 6. The highest BCUT2D eigenvalue weighted by atomic mass is 35.5. The van der Waals surface area contributed by atoms with Crippen molar-refractivity contribution in [2.45, 2.75) is 31.3 Å². The molecule has 2 atom stereocenters. The van der Waals surface area contributed by atoms with Crippen LogP contribution >= 0.6 is 37.2 Å². The average molecular weight is 347 g/mol. The topological polar surface area (TPSA) is 115 Å². The number of hydrogen-bond donors (Lipinski definition) is 4. The summed E-state index contributed by atoms with van der Waals surface area (Å²) < 4.78 is 0. The summed E-state index contributed by atoms with van der Waals surface area (Å²) in [6, 6.07) is 6.48. The van der Waals surface area contributed by atoms with Crippen LogP contribution in [-0.4, -0.2) is 17.1 Å². The molecule has 7 N–H and O–H groups in total. The highest BCUT2D eigenvalue weighted by Crippen LogP contribution is 2.18. The van der Waals surface area contributed by atoms with Gasteiger partial charge in [0.05, 0.1) is 0 Å². The first-order chi connectivity index (χ1) is 8.00. The number of nitrogen functional groups attached to an aromatic ring is 1. The molecule has 1 unspecified atom stereocenters. The van der Waals surface area contributed by atoms with E-state index < -0.39 is 12.0 Å². The van der Waals surface area contributed by atoms with Crippen LogP contribution in [0.5, 0.6) is 0 Å². The Kier molecular flexibility index (Phi) is 14.7. The molecule has 8 heteroatoms. The summed E-state index contributed by atoms with van der Waals surface area (Å²) >= 11 is 0. The van der Waals surface area contributed by atoms with Gasteiger partial charge in [-0.15, -0.1) is 37.2 Å². The third kappa shape index (κ3) is 8.45. The van der Waals surface area contributed by atoms with Crippen LogP contribution in [0.4, 0.5) is 5.69 Å². The first-order valence-electron chi connectivity index (χ1n) is 5.60. The van der Waals surface area contributed by atoms with Crippen molar-refractivity contribution in [1.29, 1.82) is 0 Å². The van der Waals surface area contributed by atoms with Gasteiger partial charge in [0.1, 0.15) is 6.04 Å². The number of carboxylic acids is 1. The van der Waals surface area contributed by atoms with Crippen LogP contribution in [0.1, 0.15) is 30.9 Å². The maximum Gasteiger partial charge on any atom is 0.320 e. The van der Waals surface area contributed by atoms with Gasteiger partial charge in [0.15, 0.2) is 0 Å². The number of carbonyl (C=O) groups is 1. The third-order valence-corrected chi connectivity index (χ3v) is 2.71. The fourth-order valence-corrected chi connectivity index (χ4v) is 1.59. The van der Waals surface area contributed by atoms with Crippen molar-refractivity contribution in [3.8, 4) is 0 Å². The van der Waals surface area contributed by atoms with E-state index in [1.54, 1.807) is 12.1 Å². The lowest BCUT2D eigenvalue weighted by atomic mass is 10.00. The minimum absolute atomic E-state index is 0. The van der Waals surface area contributed by atoms with Gasteiger partial charge in [-0.25, -0.2) is 0 Å². The Morgan fingerprint density at radius 1 is 1.05 bits per heavy atom. The fourth-order valence-electron chi connectivity index (χ4n) is 1.59. The number of halogens is 3. The lowest BCUT2D eigenvalue weighted by Crippen LogP contribution is -2.30. The van der Waals surface area contributed by atoms with E-state index in [1.165, 1.54) is 0 Å². The van der Waals surface area contributed by atoms with Crippen LogP contribution in [0.2, 0.25) is 0 Å². The van der Waals surface area contributed by atoms with E-state index in [4.69, 9.17) is 22.3 Å². The molecule has 0 aliphatic heterocycles. The number of nitrogens with two attached hydrogens (primary N) is 3. The summed E-state index contributed by atoms with van der Waals surface area (Å²) in [6.45, 7) is 0. The van der Waals surface area contributed by atoms with E-state index >= 15 is 0 Å². The maximum absolute atomic E-state index is 10.5. The van der Waals surface area contributed by atoms with Crippen LogP contribution in [0.25, 0.3) is 0 Å². The lowest BCUT2D eigenvalue weighted by molar-refractivity contribution is -0.138. The molecule has 1 aromatic rings. The predicted octanol–water partition coefficient (Wildman–Crippen LogP) is 2.12. The minimum Gasteiger partial charge on any atom is -0.480 e. The smallest absolute Gasteiger partial charge is 0.320 e. The Morgan fingerprint density at radius 2 is 1.55 bits per heavy atom. The van der Waals surface area contributed by atoms with Gasteiger partial charge in [-0.2, -0.15) is 0 Å². The zero-order valence-electron chi connectivity index (χ0n) is 10.9. The highest BCUT2D eigenvalue weighted by molar-refractivity contribution is 5.86. The SMILES string of the molecule is Cl.Cl.Cl.Nc1ccc(C(N)CCC[C@H](N)C(=O)O)cc1. The van der Waals surface area contributed by atoms with E-state index in [1.807, 2.05) is 12.1 Å². The van der Waals surface area contributed by atoms with Crippen LogP contribution in [-0.2, 0) is 4.79 Å². The Balaban J connectivity index is -0.000000963. The van der Waals surface area contributed by atoms with Crippen molar-refractivity contribution in [2.24, 2.45) is 11.5 Å². The van der Waals surface area contributed by atoms with Crippen LogP contribution in [0, 0.1) is 0 Å². The zero-order valence-corrected chi connectivity index (χ0v) is 13.3. The number of anilines is 1. The molecule has 20 heavy (non-hydrogen) atoms. The monoisotopic (exact) mass is 345 g/mol. The lowest BCUT2D eigenvalue weighted by Gasteiger charge is -2.13. The normalized spacial score (nSPS) is 12.1. The summed E-state index contributed by atoms with van der Waals surface area (Å²) in [5.74, 6) is -0.967. The largest absolute Gasteiger partial charge is 0.480 e. The van der Waals surface area contributed by atoms with E-state index in [-0.39, 0.29) is 43.3 Å². The first kappa shape index (κ1) is 24.3. The molecule has 0 saturated carbocycles. The van der Waals surface area contributed by atoms with Gasteiger partial charge < -0.3 is 22.3 Å². The van der Waals surface area contributed by atoms with Crippen molar-refractivity contribution in [2.75, 3.05) is 5.73 Å². The van der Waals surface area contributed by atoms with Crippen molar-refractivity contribution in [3.05, 3.63) is 29.8 Å². The second-order valence-corrected chi connectivity index (χ2v) is 4.15. The van der Waals surface area contributed by atoms with Gasteiger partial charge in [0, 0.05) is 11.7 Å². The van der Waals surface area contributed by atoms with Crippen LogP contribution < -0.4 is 17.2 Å².